The lowest BCUT2D eigenvalue weighted by molar-refractivity contribution is -0.127. The molecule has 1 amide bonds. The maximum atomic E-state index is 12.2. The summed E-state index contributed by atoms with van der Waals surface area (Å²) in [6.07, 6.45) is 4.09. The van der Waals surface area contributed by atoms with Gasteiger partial charge in [0.05, 0.1) is 5.54 Å². The standard InChI is InChI=1S/C15H21BrN2O.ClH/c1-15(9-2-3-10-18-15)14(19)17-11-8-12-4-6-13(16)7-5-12;/h4-7,18H,2-3,8-11H2,1H3,(H,17,19);1H. The molecule has 0 radical (unpaired) electrons. The molecule has 0 bridgehead atoms. The Kier molecular flexibility index (Phi) is 7.00. The molecule has 2 rings (SSSR count). The number of nitrogens with one attached hydrogen (secondary N) is 2. The highest BCUT2D eigenvalue weighted by Crippen LogP contribution is 2.18. The Morgan fingerprint density at radius 1 is 1.35 bits per heavy atom. The second-order valence-corrected chi connectivity index (χ2v) is 6.26. The van der Waals surface area contributed by atoms with Crippen LogP contribution in [0, 0.1) is 0 Å². The molecule has 1 fully saturated rings. The third-order valence-electron chi connectivity index (χ3n) is 3.73. The van der Waals surface area contributed by atoms with Crippen LogP contribution in [0.15, 0.2) is 28.7 Å². The molecule has 20 heavy (non-hydrogen) atoms. The van der Waals surface area contributed by atoms with Crippen LogP contribution in [0.25, 0.3) is 0 Å². The molecule has 0 aliphatic carbocycles. The van der Waals surface area contributed by atoms with Crippen LogP contribution in [0.3, 0.4) is 0 Å². The first-order chi connectivity index (χ1) is 9.10. The van der Waals surface area contributed by atoms with Crippen LogP contribution < -0.4 is 10.6 Å². The highest BCUT2D eigenvalue weighted by Gasteiger charge is 2.33. The topological polar surface area (TPSA) is 41.1 Å². The molecule has 1 saturated heterocycles. The molecule has 1 atom stereocenters. The molecule has 0 saturated carbocycles. The zero-order valence-electron chi connectivity index (χ0n) is 11.7. The van der Waals surface area contributed by atoms with Gasteiger partial charge in [0.15, 0.2) is 0 Å². The van der Waals surface area contributed by atoms with Gasteiger partial charge in [-0.25, -0.2) is 0 Å². The van der Waals surface area contributed by atoms with Crippen molar-refractivity contribution in [2.45, 2.75) is 38.1 Å². The van der Waals surface area contributed by atoms with E-state index < -0.39 is 0 Å². The SMILES string of the molecule is CC1(C(=O)NCCc2ccc(Br)cc2)CCCCN1.Cl. The molecular formula is C15H22BrClN2O. The third-order valence-corrected chi connectivity index (χ3v) is 4.26. The highest BCUT2D eigenvalue weighted by atomic mass is 79.9. The Morgan fingerprint density at radius 3 is 2.65 bits per heavy atom. The smallest absolute Gasteiger partial charge is 0.240 e. The van der Waals surface area contributed by atoms with Crippen molar-refractivity contribution in [3.63, 3.8) is 0 Å². The second-order valence-electron chi connectivity index (χ2n) is 5.35. The fraction of sp³-hybridized carbons (Fsp3) is 0.533. The number of carbonyl (C=O) groups is 1. The van der Waals surface area contributed by atoms with Crippen molar-refractivity contribution in [2.75, 3.05) is 13.1 Å². The van der Waals surface area contributed by atoms with Gasteiger partial charge in [0.2, 0.25) is 5.91 Å². The summed E-state index contributed by atoms with van der Waals surface area (Å²) in [5, 5.41) is 6.38. The number of amides is 1. The Bertz CT molecular complexity index is 430. The van der Waals surface area contributed by atoms with Crippen LogP contribution in [0.5, 0.6) is 0 Å². The van der Waals surface area contributed by atoms with Crippen LogP contribution in [0.4, 0.5) is 0 Å². The number of rotatable bonds is 4. The summed E-state index contributed by atoms with van der Waals surface area (Å²) in [5.74, 6) is 0.129. The fourth-order valence-electron chi connectivity index (χ4n) is 2.42. The van der Waals surface area contributed by atoms with Gasteiger partial charge >= 0.3 is 0 Å². The Morgan fingerprint density at radius 2 is 2.05 bits per heavy atom. The van der Waals surface area contributed by atoms with Gasteiger partial charge in [-0.05, 0) is 56.8 Å². The Hall–Kier alpha value is -0.580. The van der Waals surface area contributed by atoms with E-state index in [1.807, 2.05) is 19.1 Å². The summed E-state index contributed by atoms with van der Waals surface area (Å²) in [6, 6.07) is 8.22. The number of piperidine rings is 1. The quantitative estimate of drug-likeness (QED) is 0.865. The molecule has 112 valence electrons. The average molecular weight is 362 g/mol. The highest BCUT2D eigenvalue weighted by molar-refractivity contribution is 9.10. The lowest BCUT2D eigenvalue weighted by atomic mass is 9.90. The number of carbonyl (C=O) groups excluding carboxylic acids is 1. The van der Waals surface area contributed by atoms with E-state index in [4.69, 9.17) is 0 Å². The van der Waals surface area contributed by atoms with Crippen molar-refractivity contribution in [2.24, 2.45) is 0 Å². The zero-order valence-corrected chi connectivity index (χ0v) is 14.1. The van der Waals surface area contributed by atoms with E-state index in [2.05, 4.69) is 38.7 Å². The van der Waals surface area contributed by atoms with Crippen molar-refractivity contribution < 1.29 is 4.79 Å². The van der Waals surface area contributed by atoms with Gasteiger partial charge < -0.3 is 10.6 Å². The van der Waals surface area contributed by atoms with Gasteiger partial charge in [-0.2, -0.15) is 0 Å². The lowest BCUT2D eigenvalue weighted by Crippen LogP contribution is -2.57. The normalized spacial score (nSPS) is 21.9. The monoisotopic (exact) mass is 360 g/mol. The minimum absolute atomic E-state index is 0. The van der Waals surface area contributed by atoms with Crippen molar-refractivity contribution in [1.29, 1.82) is 0 Å². The molecule has 1 unspecified atom stereocenters. The molecule has 5 heteroatoms. The van der Waals surface area contributed by atoms with Crippen LogP contribution in [0.2, 0.25) is 0 Å². The molecule has 1 heterocycles. The molecule has 1 aliphatic rings. The van der Waals surface area contributed by atoms with Crippen molar-refractivity contribution in [1.82, 2.24) is 10.6 Å². The van der Waals surface area contributed by atoms with Gasteiger partial charge in [0, 0.05) is 11.0 Å². The third kappa shape index (κ3) is 4.76. The summed E-state index contributed by atoms with van der Waals surface area (Å²) in [7, 11) is 0. The largest absolute Gasteiger partial charge is 0.354 e. The van der Waals surface area contributed by atoms with Gasteiger partial charge in [-0.3, -0.25) is 4.79 Å². The van der Waals surface area contributed by atoms with Crippen LogP contribution >= 0.6 is 28.3 Å². The van der Waals surface area contributed by atoms with Gasteiger partial charge in [-0.15, -0.1) is 12.4 Å². The number of hydrogen-bond donors (Lipinski definition) is 2. The van der Waals surface area contributed by atoms with Crippen LogP contribution in [-0.4, -0.2) is 24.5 Å². The first-order valence-electron chi connectivity index (χ1n) is 6.88. The van der Waals surface area contributed by atoms with Gasteiger partial charge in [-0.1, -0.05) is 28.1 Å². The fourth-order valence-corrected chi connectivity index (χ4v) is 2.68. The van der Waals surface area contributed by atoms with Crippen molar-refractivity contribution in [3.8, 4) is 0 Å². The summed E-state index contributed by atoms with van der Waals surface area (Å²) < 4.78 is 1.08. The zero-order chi connectivity index (χ0) is 13.7. The van der Waals surface area contributed by atoms with Crippen molar-refractivity contribution in [3.05, 3.63) is 34.3 Å². The summed E-state index contributed by atoms with van der Waals surface area (Å²) in [5.41, 5.74) is 0.864. The molecule has 0 aromatic heterocycles. The van der Waals surface area contributed by atoms with Crippen molar-refractivity contribution >= 4 is 34.2 Å². The average Bonchev–Trinajstić information content (AvgIpc) is 2.42. The van der Waals surface area contributed by atoms with E-state index in [0.717, 1.165) is 30.3 Å². The second kappa shape index (κ2) is 8.01. The Balaban J connectivity index is 0.00000200. The molecule has 1 aromatic rings. The summed E-state index contributed by atoms with van der Waals surface area (Å²) in [4.78, 5) is 12.2. The molecular weight excluding hydrogens is 340 g/mol. The van der Waals surface area contributed by atoms with E-state index >= 15 is 0 Å². The number of benzene rings is 1. The van der Waals surface area contributed by atoms with Gasteiger partial charge in [0.1, 0.15) is 0 Å². The van der Waals surface area contributed by atoms with E-state index in [9.17, 15) is 4.79 Å². The molecule has 1 aliphatic heterocycles. The van der Waals surface area contributed by atoms with E-state index in [1.54, 1.807) is 0 Å². The lowest BCUT2D eigenvalue weighted by Gasteiger charge is -2.33. The van der Waals surface area contributed by atoms with Crippen LogP contribution in [-0.2, 0) is 11.2 Å². The number of halogens is 2. The predicted molar refractivity (Wildman–Crippen MR) is 88.4 cm³/mol. The number of hydrogen-bond acceptors (Lipinski definition) is 2. The molecule has 3 nitrogen and oxygen atoms in total. The minimum Gasteiger partial charge on any atom is -0.354 e. The minimum atomic E-state index is -0.377. The predicted octanol–water partition coefficient (Wildman–Crippen LogP) is 3.06. The van der Waals surface area contributed by atoms with Gasteiger partial charge in [0.25, 0.3) is 0 Å². The molecule has 2 N–H and O–H groups in total. The van der Waals surface area contributed by atoms with Crippen LogP contribution in [0.1, 0.15) is 31.7 Å². The summed E-state index contributed by atoms with van der Waals surface area (Å²) >= 11 is 3.42. The maximum absolute atomic E-state index is 12.2. The first kappa shape index (κ1) is 17.5. The van der Waals surface area contributed by atoms with E-state index in [1.165, 1.54) is 12.0 Å². The Labute approximate surface area is 135 Å². The van der Waals surface area contributed by atoms with E-state index in [-0.39, 0.29) is 23.9 Å². The first-order valence-corrected chi connectivity index (χ1v) is 7.67. The molecule has 0 spiro atoms. The maximum Gasteiger partial charge on any atom is 0.240 e. The summed E-state index contributed by atoms with van der Waals surface area (Å²) in [6.45, 7) is 3.63. The molecule has 1 aromatic carbocycles. The van der Waals surface area contributed by atoms with E-state index in [0.29, 0.717) is 6.54 Å².